The Kier molecular flexibility index (Phi) is 6.04. The van der Waals surface area contributed by atoms with Crippen LogP contribution in [0.4, 0.5) is 23.0 Å². The molecule has 0 radical (unpaired) electrons. The molecule has 0 saturated carbocycles. The van der Waals surface area contributed by atoms with Crippen molar-refractivity contribution < 1.29 is 22.8 Å². The van der Waals surface area contributed by atoms with E-state index >= 15 is 0 Å². The number of halogens is 3. The maximum Gasteiger partial charge on any atom is 0.422 e. The number of primary amides is 1. The molecule has 3 aliphatic rings. The lowest BCUT2D eigenvalue weighted by Gasteiger charge is -2.27. The molecule has 1 aliphatic carbocycles. The Morgan fingerprint density at radius 3 is 2.73 bits per heavy atom. The number of aryl methyl sites for hydroxylation is 1. The van der Waals surface area contributed by atoms with Crippen molar-refractivity contribution >= 4 is 40.0 Å². The van der Waals surface area contributed by atoms with Crippen LogP contribution in [-0.2, 0) is 12.8 Å². The van der Waals surface area contributed by atoms with Gasteiger partial charge in [0.1, 0.15) is 5.00 Å². The van der Waals surface area contributed by atoms with E-state index < -0.39 is 23.0 Å². The number of nitrogens with two attached hydrogens (primary N) is 1. The summed E-state index contributed by atoms with van der Waals surface area (Å²) in [5, 5.41) is 8.55. The molecule has 2 aliphatic heterocycles. The SMILES string of the molecule is NC(=O)c1c(NC(=O)NCC2=C(C(F)(F)F)SC3CNCCC23)sc2c1CCCC2. The van der Waals surface area contributed by atoms with Crippen LogP contribution in [0.3, 0.4) is 0 Å². The van der Waals surface area contributed by atoms with Gasteiger partial charge in [-0.15, -0.1) is 23.1 Å². The summed E-state index contributed by atoms with van der Waals surface area (Å²) in [7, 11) is 0. The number of amides is 3. The summed E-state index contributed by atoms with van der Waals surface area (Å²) < 4.78 is 40.6. The third kappa shape index (κ3) is 4.19. The van der Waals surface area contributed by atoms with Gasteiger partial charge in [-0.3, -0.25) is 10.1 Å². The Bertz CT molecular complexity index is 897. The van der Waals surface area contributed by atoms with E-state index in [0.29, 0.717) is 30.1 Å². The highest BCUT2D eigenvalue weighted by atomic mass is 32.2. The van der Waals surface area contributed by atoms with Crippen LogP contribution < -0.4 is 21.7 Å². The number of alkyl halides is 3. The van der Waals surface area contributed by atoms with Crippen LogP contribution in [0.15, 0.2) is 10.5 Å². The summed E-state index contributed by atoms with van der Waals surface area (Å²) >= 11 is 2.17. The molecule has 11 heteroatoms. The number of anilines is 1. The zero-order chi connectivity index (χ0) is 21.5. The Balaban J connectivity index is 1.48. The molecule has 1 aromatic heterocycles. The Labute approximate surface area is 180 Å². The number of nitrogens with one attached hydrogen (secondary N) is 3. The zero-order valence-electron chi connectivity index (χ0n) is 16.2. The van der Waals surface area contributed by atoms with Gasteiger partial charge in [-0.2, -0.15) is 13.2 Å². The van der Waals surface area contributed by atoms with Gasteiger partial charge in [0.15, 0.2) is 0 Å². The minimum Gasteiger partial charge on any atom is -0.365 e. The Hall–Kier alpha value is -1.72. The highest BCUT2D eigenvalue weighted by Crippen LogP contribution is 2.51. The first-order valence-electron chi connectivity index (χ1n) is 9.92. The number of allylic oxidation sites excluding steroid dienone is 1. The van der Waals surface area contributed by atoms with Crippen molar-refractivity contribution in [2.24, 2.45) is 11.7 Å². The lowest BCUT2D eigenvalue weighted by Crippen LogP contribution is -2.39. The lowest BCUT2D eigenvalue weighted by molar-refractivity contribution is -0.0844. The van der Waals surface area contributed by atoms with Crippen molar-refractivity contribution in [2.45, 2.75) is 43.5 Å². The van der Waals surface area contributed by atoms with Crippen molar-refractivity contribution in [3.63, 3.8) is 0 Å². The fourth-order valence-electron chi connectivity index (χ4n) is 4.45. The molecule has 3 heterocycles. The molecule has 5 N–H and O–H groups in total. The van der Waals surface area contributed by atoms with Crippen LogP contribution in [-0.4, -0.2) is 43.0 Å². The number of carbonyl (C=O) groups is 2. The Morgan fingerprint density at radius 2 is 2.00 bits per heavy atom. The first-order valence-corrected chi connectivity index (χ1v) is 11.6. The minimum atomic E-state index is -4.43. The molecule has 2 atom stereocenters. The van der Waals surface area contributed by atoms with Crippen molar-refractivity contribution in [3.8, 4) is 0 Å². The van der Waals surface area contributed by atoms with Crippen LogP contribution in [0.2, 0.25) is 0 Å². The van der Waals surface area contributed by atoms with Crippen LogP contribution in [0, 0.1) is 5.92 Å². The van der Waals surface area contributed by atoms with Gasteiger partial charge in [0.25, 0.3) is 5.91 Å². The fourth-order valence-corrected chi connectivity index (χ4v) is 7.21. The summed E-state index contributed by atoms with van der Waals surface area (Å²) in [6.45, 7) is 1.00. The number of urea groups is 1. The minimum absolute atomic E-state index is 0.166. The van der Waals surface area contributed by atoms with Gasteiger partial charge < -0.3 is 16.4 Å². The standard InChI is InChI=1S/C19H23F3N4O2S2/c20-19(21,22)15-11(9-5-6-24-8-13(9)29-15)7-25-18(28)26-17-14(16(23)27)10-3-1-2-4-12(10)30-17/h9,13,24H,1-8H2,(H2,23,27)(H2,25,26,28). The number of thiophene rings is 1. The van der Waals surface area contributed by atoms with Crippen LogP contribution in [0.5, 0.6) is 0 Å². The average molecular weight is 461 g/mol. The molecule has 0 aromatic carbocycles. The van der Waals surface area contributed by atoms with Gasteiger partial charge in [-0.1, -0.05) is 0 Å². The third-order valence-corrected chi connectivity index (χ3v) is 8.51. The smallest absolute Gasteiger partial charge is 0.365 e. The van der Waals surface area contributed by atoms with E-state index in [9.17, 15) is 22.8 Å². The predicted octanol–water partition coefficient (Wildman–Crippen LogP) is 3.39. The van der Waals surface area contributed by atoms with Gasteiger partial charge in [0.2, 0.25) is 0 Å². The number of fused-ring (bicyclic) bond motifs is 2. The largest absolute Gasteiger partial charge is 0.422 e. The first-order chi connectivity index (χ1) is 14.3. The van der Waals surface area contributed by atoms with E-state index in [1.54, 1.807) is 0 Å². The molecule has 0 spiro atoms. The van der Waals surface area contributed by atoms with E-state index in [-0.39, 0.29) is 23.3 Å². The van der Waals surface area contributed by atoms with Crippen molar-refractivity contribution in [1.29, 1.82) is 0 Å². The molecule has 2 unspecified atom stereocenters. The number of piperidine rings is 1. The van der Waals surface area contributed by atoms with Gasteiger partial charge >= 0.3 is 12.2 Å². The summed E-state index contributed by atoms with van der Waals surface area (Å²) in [6, 6.07) is -0.632. The lowest BCUT2D eigenvalue weighted by atomic mass is 9.89. The van der Waals surface area contributed by atoms with E-state index in [2.05, 4.69) is 16.0 Å². The van der Waals surface area contributed by atoms with E-state index in [1.807, 2.05) is 0 Å². The predicted molar refractivity (Wildman–Crippen MR) is 112 cm³/mol. The normalized spacial score (nSPS) is 23.7. The topological polar surface area (TPSA) is 96.2 Å². The van der Waals surface area contributed by atoms with Crippen LogP contribution in [0.25, 0.3) is 0 Å². The van der Waals surface area contributed by atoms with E-state index in [1.165, 1.54) is 11.3 Å². The summed E-state index contributed by atoms with van der Waals surface area (Å²) in [5.74, 6) is -0.806. The maximum atomic E-state index is 13.5. The van der Waals surface area contributed by atoms with Gasteiger partial charge in [0.05, 0.1) is 10.5 Å². The molecule has 3 amide bonds. The van der Waals surface area contributed by atoms with Crippen LogP contribution >= 0.6 is 23.1 Å². The number of hydrogen-bond donors (Lipinski definition) is 4. The average Bonchev–Trinajstić information content (AvgIpc) is 3.24. The number of carbonyl (C=O) groups excluding carboxylic acids is 2. The Morgan fingerprint density at radius 1 is 1.23 bits per heavy atom. The van der Waals surface area contributed by atoms with Gasteiger partial charge in [-0.25, -0.2) is 4.79 Å². The summed E-state index contributed by atoms with van der Waals surface area (Å²) in [5.41, 5.74) is 6.99. The molecular formula is C19H23F3N4O2S2. The third-order valence-electron chi connectivity index (χ3n) is 5.78. The molecule has 0 bridgehead atoms. The molecular weight excluding hydrogens is 437 g/mol. The number of thioether (sulfide) groups is 1. The van der Waals surface area contributed by atoms with Gasteiger partial charge in [-0.05, 0) is 55.7 Å². The zero-order valence-corrected chi connectivity index (χ0v) is 17.8. The van der Waals surface area contributed by atoms with E-state index in [4.69, 9.17) is 5.73 Å². The molecule has 1 fully saturated rings. The summed E-state index contributed by atoms with van der Waals surface area (Å²) in [6.07, 6.45) is -0.274. The maximum absolute atomic E-state index is 13.5. The quantitative estimate of drug-likeness (QED) is 0.554. The highest BCUT2D eigenvalue weighted by molar-refractivity contribution is 8.04. The molecule has 164 valence electrons. The highest BCUT2D eigenvalue weighted by Gasteiger charge is 2.47. The second kappa shape index (κ2) is 8.43. The molecule has 1 aromatic rings. The first kappa shape index (κ1) is 21.5. The monoisotopic (exact) mass is 460 g/mol. The number of rotatable bonds is 4. The molecule has 6 nitrogen and oxygen atoms in total. The molecule has 30 heavy (non-hydrogen) atoms. The summed E-state index contributed by atoms with van der Waals surface area (Å²) in [4.78, 5) is 24.9. The second-order valence-corrected chi connectivity index (χ2v) is 10.0. The molecule has 1 saturated heterocycles. The van der Waals surface area contributed by atoms with Crippen LogP contribution in [0.1, 0.15) is 40.1 Å². The molecule has 4 rings (SSSR count). The van der Waals surface area contributed by atoms with Crippen molar-refractivity contribution in [2.75, 3.05) is 25.0 Å². The second-order valence-electron chi connectivity index (χ2n) is 7.69. The van der Waals surface area contributed by atoms with Crippen molar-refractivity contribution in [1.82, 2.24) is 10.6 Å². The van der Waals surface area contributed by atoms with Crippen molar-refractivity contribution in [3.05, 3.63) is 26.5 Å². The van der Waals surface area contributed by atoms with Gasteiger partial charge in [0, 0.05) is 23.2 Å². The van der Waals surface area contributed by atoms with E-state index in [0.717, 1.165) is 47.9 Å². The fraction of sp³-hybridized carbons (Fsp3) is 0.579. The number of hydrogen-bond acceptors (Lipinski definition) is 5.